The van der Waals surface area contributed by atoms with Gasteiger partial charge in [-0.05, 0) is 31.0 Å². The molecule has 2 aliphatic rings. The number of hydrogen-bond acceptors (Lipinski definition) is 5. The second-order valence-corrected chi connectivity index (χ2v) is 7.07. The van der Waals surface area contributed by atoms with Gasteiger partial charge in [-0.15, -0.1) is 0 Å². The summed E-state index contributed by atoms with van der Waals surface area (Å²) in [6, 6.07) is 13.5. The van der Waals surface area contributed by atoms with Crippen LogP contribution >= 0.6 is 0 Å². The average molecular weight is 375 g/mol. The van der Waals surface area contributed by atoms with Gasteiger partial charge >= 0.3 is 0 Å². The molecule has 1 aromatic heterocycles. The van der Waals surface area contributed by atoms with Crippen LogP contribution in [0.4, 0.5) is 5.95 Å². The minimum atomic E-state index is -0.309. The van der Waals surface area contributed by atoms with E-state index >= 15 is 0 Å². The van der Waals surface area contributed by atoms with Crippen molar-refractivity contribution in [1.29, 1.82) is 0 Å². The molecule has 0 spiro atoms. The van der Waals surface area contributed by atoms with E-state index in [0.717, 1.165) is 46.7 Å². The number of fused-ring (bicyclic) bond motifs is 3. The van der Waals surface area contributed by atoms with Crippen LogP contribution in [-0.4, -0.2) is 29.6 Å². The van der Waals surface area contributed by atoms with Crippen molar-refractivity contribution in [1.82, 2.24) is 9.55 Å². The number of allylic oxidation sites excluding steroid dienone is 2. The molecule has 0 radical (unpaired) electrons. The zero-order valence-electron chi connectivity index (χ0n) is 15.9. The van der Waals surface area contributed by atoms with Crippen molar-refractivity contribution in [2.45, 2.75) is 25.3 Å². The van der Waals surface area contributed by atoms with Gasteiger partial charge in [-0.2, -0.15) is 0 Å². The normalized spacial score (nSPS) is 18.5. The summed E-state index contributed by atoms with van der Waals surface area (Å²) >= 11 is 0. The van der Waals surface area contributed by atoms with Gasteiger partial charge in [0.05, 0.1) is 31.3 Å². The van der Waals surface area contributed by atoms with Crippen LogP contribution < -0.4 is 14.8 Å². The first-order valence-electron chi connectivity index (χ1n) is 9.44. The van der Waals surface area contributed by atoms with E-state index in [1.165, 1.54) is 0 Å². The summed E-state index contributed by atoms with van der Waals surface area (Å²) in [5.74, 6) is 2.22. The number of methoxy groups -OCH3 is 2. The number of rotatable bonds is 3. The number of ether oxygens (including phenoxy) is 2. The maximum absolute atomic E-state index is 13.0. The number of nitrogens with zero attached hydrogens (tertiary/aromatic N) is 2. The number of anilines is 1. The molecular formula is C22H21N3O3. The van der Waals surface area contributed by atoms with Crippen LogP contribution in [0.15, 0.2) is 53.7 Å². The highest BCUT2D eigenvalue weighted by Crippen LogP contribution is 2.47. The van der Waals surface area contributed by atoms with E-state index in [-0.39, 0.29) is 11.8 Å². The van der Waals surface area contributed by atoms with Crippen molar-refractivity contribution in [2.24, 2.45) is 0 Å². The van der Waals surface area contributed by atoms with Gasteiger partial charge in [-0.25, -0.2) is 4.98 Å². The van der Waals surface area contributed by atoms with Gasteiger partial charge in [-0.3, -0.25) is 9.36 Å². The van der Waals surface area contributed by atoms with E-state index < -0.39 is 0 Å². The molecule has 6 heteroatoms. The lowest BCUT2D eigenvalue weighted by molar-refractivity contribution is -0.116. The monoisotopic (exact) mass is 375 g/mol. The summed E-state index contributed by atoms with van der Waals surface area (Å²) in [6.45, 7) is 0. The molecule has 142 valence electrons. The Morgan fingerprint density at radius 1 is 1.07 bits per heavy atom. The number of ketones is 1. The fraction of sp³-hybridized carbons (Fsp3) is 0.273. The number of carbonyl (C=O) groups is 1. The first-order chi connectivity index (χ1) is 13.7. The molecule has 2 aromatic carbocycles. The van der Waals surface area contributed by atoms with Crippen LogP contribution in [0.25, 0.3) is 11.0 Å². The molecule has 6 nitrogen and oxygen atoms in total. The Kier molecular flexibility index (Phi) is 3.86. The van der Waals surface area contributed by atoms with Gasteiger partial charge in [0.2, 0.25) is 5.95 Å². The second-order valence-electron chi connectivity index (χ2n) is 7.07. The highest BCUT2D eigenvalue weighted by molar-refractivity contribution is 6.00. The summed E-state index contributed by atoms with van der Waals surface area (Å²) in [5.41, 5.74) is 4.53. The van der Waals surface area contributed by atoms with E-state index in [9.17, 15) is 4.79 Å². The molecule has 28 heavy (non-hydrogen) atoms. The van der Waals surface area contributed by atoms with Gasteiger partial charge in [0.1, 0.15) is 0 Å². The highest BCUT2D eigenvalue weighted by Gasteiger charge is 2.38. The van der Waals surface area contributed by atoms with Crippen molar-refractivity contribution in [2.75, 3.05) is 19.5 Å². The number of imidazole rings is 1. The quantitative estimate of drug-likeness (QED) is 0.747. The lowest BCUT2D eigenvalue weighted by Gasteiger charge is -2.34. The molecule has 0 saturated heterocycles. The van der Waals surface area contributed by atoms with Crippen molar-refractivity contribution < 1.29 is 14.3 Å². The predicted octanol–water partition coefficient (Wildman–Crippen LogP) is 4.08. The van der Waals surface area contributed by atoms with Crippen molar-refractivity contribution in [3.8, 4) is 11.5 Å². The molecule has 5 rings (SSSR count). The molecule has 1 aliphatic carbocycles. The maximum atomic E-state index is 13.0. The number of benzene rings is 2. The van der Waals surface area contributed by atoms with E-state index in [2.05, 4.69) is 9.88 Å². The SMILES string of the molecule is COc1cccc([C@H]2C3=C(CCCC3=O)Nc3nc4ccccc4n32)c1OC. The fourth-order valence-corrected chi connectivity index (χ4v) is 4.39. The largest absolute Gasteiger partial charge is 0.493 e. The number of aromatic nitrogens is 2. The third-order valence-corrected chi connectivity index (χ3v) is 5.57. The van der Waals surface area contributed by atoms with Gasteiger partial charge < -0.3 is 14.8 Å². The Morgan fingerprint density at radius 3 is 2.75 bits per heavy atom. The van der Waals surface area contributed by atoms with Crippen molar-refractivity contribution >= 4 is 22.8 Å². The molecule has 1 aliphatic heterocycles. The van der Waals surface area contributed by atoms with Crippen molar-refractivity contribution in [3.05, 3.63) is 59.3 Å². The average Bonchev–Trinajstić information content (AvgIpc) is 3.10. The second kappa shape index (κ2) is 6.41. The van der Waals surface area contributed by atoms with E-state index in [0.29, 0.717) is 17.9 Å². The van der Waals surface area contributed by atoms with Gasteiger partial charge in [0, 0.05) is 23.3 Å². The molecule has 1 N–H and O–H groups in total. The number of carbonyl (C=O) groups excluding carboxylic acids is 1. The molecule has 0 bridgehead atoms. The summed E-state index contributed by atoms with van der Waals surface area (Å²) in [6.07, 6.45) is 2.26. The Morgan fingerprint density at radius 2 is 1.93 bits per heavy atom. The maximum Gasteiger partial charge on any atom is 0.209 e. The van der Waals surface area contributed by atoms with Crippen LogP contribution in [0.3, 0.4) is 0 Å². The molecule has 0 unspecified atom stereocenters. The Hall–Kier alpha value is -3.28. The van der Waals surface area contributed by atoms with Crippen LogP contribution in [-0.2, 0) is 4.79 Å². The molecular weight excluding hydrogens is 354 g/mol. The number of Topliss-reactive ketones (excluding diaryl/α,β-unsaturated/α-hetero) is 1. The molecule has 0 amide bonds. The lowest BCUT2D eigenvalue weighted by Crippen LogP contribution is -2.31. The molecule has 1 atom stereocenters. The number of nitrogens with one attached hydrogen (secondary N) is 1. The molecule has 3 aromatic rings. The van der Waals surface area contributed by atoms with Crippen LogP contribution in [0.2, 0.25) is 0 Å². The zero-order chi connectivity index (χ0) is 19.3. The Bertz CT molecular complexity index is 1130. The fourth-order valence-electron chi connectivity index (χ4n) is 4.39. The van der Waals surface area contributed by atoms with E-state index in [1.54, 1.807) is 14.2 Å². The standard InChI is InChI=1S/C22H21N3O3/c1-27-18-12-5-7-13(21(18)28-2)20-19-15(9-6-11-17(19)26)24-22-23-14-8-3-4-10-16(14)25(20)22/h3-5,7-8,10,12,20H,6,9,11H2,1-2H3,(H,23,24)/t20-/m0/s1. The highest BCUT2D eigenvalue weighted by atomic mass is 16.5. The number of hydrogen-bond donors (Lipinski definition) is 1. The molecule has 2 heterocycles. The van der Waals surface area contributed by atoms with Crippen LogP contribution in [0, 0.1) is 0 Å². The zero-order valence-corrected chi connectivity index (χ0v) is 15.9. The van der Waals surface area contributed by atoms with Gasteiger partial charge in [0.15, 0.2) is 17.3 Å². The molecule has 0 fully saturated rings. The lowest BCUT2D eigenvalue weighted by atomic mass is 9.85. The minimum absolute atomic E-state index is 0.173. The summed E-state index contributed by atoms with van der Waals surface area (Å²) in [5, 5.41) is 3.42. The van der Waals surface area contributed by atoms with Crippen LogP contribution in [0.5, 0.6) is 11.5 Å². The third kappa shape index (κ3) is 2.34. The predicted molar refractivity (Wildman–Crippen MR) is 107 cm³/mol. The summed E-state index contributed by atoms with van der Waals surface area (Å²) in [4.78, 5) is 17.8. The summed E-state index contributed by atoms with van der Waals surface area (Å²) in [7, 11) is 3.26. The first kappa shape index (κ1) is 16.9. The van der Waals surface area contributed by atoms with Crippen molar-refractivity contribution in [3.63, 3.8) is 0 Å². The number of para-hydroxylation sites is 3. The van der Waals surface area contributed by atoms with Gasteiger partial charge in [0.25, 0.3) is 0 Å². The smallest absolute Gasteiger partial charge is 0.209 e. The molecule has 0 saturated carbocycles. The van der Waals surface area contributed by atoms with Crippen LogP contribution in [0.1, 0.15) is 30.9 Å². The van der Waals surface area contributed by atoms with E-state index in [1.807, 2.05) is 42.5 Å². The topological polar surface area (TPSA) is 65.4 Å². The van der Waals surface area contributed by atoms with E-state index in [4.69, 9.17) is 14.5 Å². The minimum Gasteiger partial charge on any atom is -0.493 e. The summed E-state index contributed by atoms with van der Waals surface area (Å²) < 4.78 is 13.4. The Labute approximate surface area is 162 Å². The first-order valence-corrected chi connectivity index (χ1v) is 9.44. The van der Waals surface area contributed by atoms with Gasteiger partial charge in [-0.1, -0.05) is 24.3 Å². The third-order valence-electron chi connectivity index (χ3n) is 5.57. The Balaban J connectivity index is 1.84.